The first-order chi connectivity index (χ1) is 9.43. The van der Waals surface area contributed by atoms with Gasteiger partial charge in [0.25, 0.3) is 0 Å². The first kappa shape index (κ1) is 10.4. The molecule has 2 aromatic rings. The van der Waals surface area contributed by atoms with Crippen LogP contribution in [-0.4, -0.2) is 6.21 Å². The lowest BCUT2D eigenvalue weighted by Crippen LogP contribution is -2.23. The zero-order valence-electron chi connectivity index (χ0n) is 10.3. The zero-order valence-corrected chi connectivity index (χ0v) is 10.3. The van der Waals surface area contributed by atoms with Gasteiger partial charge in [-0.05, 0) is 17.7 Å². The predicted molar refractivity (Wildman–Crippen MR) is 76.4 cm³/mol. The maximum atomic E-state index is 4.68. The summed E-state index contributed by atoms with van der Waals surface area (Å²) in [5, 5.41) is 2.26. The van der Waals surface area contributed by atoms with E-state index >= 15 is 0 Å². The monoisotopic (exact) mass is 244 g/mol. The molecule has 2 heteroatoms. The lowest BCUT2D eigenvalue weighted by Gasteiger charge is -2.18. The van der Waals surface area contributed by atoms with E-state index in [1.54, 1.807) is 0 Å². The van der Waals surface area contributed by atoms with E-state index < -0.39 is 0 Å². The summed E-state index contributed by atoms with van der Waals surface area (Å²) < 4.78 is 0. The highest BCUT2D eigenvalue weighted by atomic mass is 14.9. The standard InChI is InChI=1S/C17H12N2/c1-2-6-12(7-3-1)17-16-13-8-4-5-9-14(13)19-15(16)10-11-18-17/h1-11,17H. The molecule has 0 N–H and O–H groups in total. The first-order valence-electron chi connectivity index (χ1n) is 6.40. The van der Waals surface area contributed by atoms with Crippen LogP contribution in [0.15, 0.2) is 76.4 Å². The predicted octanol–water partition coefficient (Wildman–Crippen LogP) is 2.18. The molecule has 2 aromatic carbocycles. The van der Waals surface area contributed by atoms with Gasteiger partial charge in [-0.3, -0.25) is 4.99 Å². The maximum Gasteiger partial charge on any atom is 0.103 e. The minimum absolute atomic E-state index is 0.0635. The van der Waals surface area contributed by atoms with Crippen molar-refractivity contribution in [3.05, 3.63) is 82.5 Å². The summed E-state index contributed by atoms with van der Waals surface area (Å²) in [5.74, 6) is 0. The molecular formula is C17H12N2. The van der Waals surface area contributed by atoms with Crippen molar-refractivity contribution < 1.29 is 0 Å². The lowest BCUT2D eigenvalue weighted by atomic mass is 9.94. The summed E-state index contributed by atoms with van der Waals surface area (Å²) in [5.41, 5.74) is 3.49. The van der Waals surface area contributed by atoms with E-state index in [0.717, 1.165) is 11.1 Å². The molecule has 0 aliphatic carbocycles. The van der Waals surface area contributed by atoms with Gasteiger partial charge < -0.3 is 0 Å². The highest BCUT2D eigenvalue weighted by molar-refractivity contribution is 5.86. The summed E-state index contributed by atoms with van der Waals surface area (Å²) in [4.78, 5) is 9.32. The minimum atomic E-state index is 0.0635. The summed E-state index contributed by atoms with van der Waals surface area (Å²) in [7, 11) is 0. The second-order valence-electron chi connectivity index (χ2n) is 4.71. The van der Waals surface area contributed by atoms with E-state index in [-0.39, 0.29) is 6.04 Å². The van der Waals surface area contributed by atoms with Gasteiger partial charge in [-0.25, -0.2) is 4.99 Å². The number of hydrogen-bond acceptors (Lipinski definition) is 2. The van der Waals surface area contributed by atoms with Gasteiger partial charge in [0.05, 0.1) is 11.1 Å². The number of allylic oxidation sites excluding steroid dienone is 1. The number of para-hydroxylation sites is 1. The largest absolute Gasteiger partial charge is 0.280 e. The lowest BCUT2D eigenvalue weighted by molar-refractivity contribution is 0.924. The molecule has 90 valence electrons. The van der Waals surface area contributed by atoms with Crippen molar-refractivity contribution in [1.29, 1.82) is 0 Å². The van der Waals surface area contributed by atoms with Crippen LogP contribution < -0.4 is 10.6 Å². The highest BCUT2D eigenvalue weighted by Gasteiger charge is 2.24. The van der Waals surface area contributed by atoms with Crippen LogP contribution in [0, 0.1) is 0 Å². The number of nitrogens with zero attached hydrogens (tertiary/aromatic N) is 2. The SMILES string of the molecule is C1=NC(c2ccccc2)C2=c3ccccc3=NC2=C1. The summed E-state index contributed by atoms with van der Waals surface area (Å²) in [6.07, 6.45) is 3.86. The van der Waals surface area contributed by atoms with Crippen molar-refractivity contribution in [1.82, 2.24) is 0 Å². The van der Waals surface area contributed by atoms with Crippen molar-refractivity contribution in [2.45, 2.75) is 6.04 Å². The molecule has 2 nitrogen and oxygen atoms in total. The number of dihydropyridines is 1. The van der Waals surface area contributed by atoms with Crippen molar-refractivity contribution >= 4 is 11.8 Å². The van der Waals surface area contributed by atoms with Gasteiger partial charge in [-0.1, -0.05) is 48.5 Å². The fourth-order valence-corrected chi connectivity index (χ4v) is 2.70. The Labute approximate surface area is 111 Å². The Balaban J connectivity index is 2.00. The maximum absolute atomic E-state index is 4.68. The zero-order chi connectivity index (χ0) is 12.7. The second kappa shape index (κ2) is 4.02. The third kappa shape index (κ3) is 1.57. The average molecular weight is 244 g/mol. The molecule has 0 saturated carbocycles. The van der Waals surface area contributed by atoms with E-state index in [4.69, 9.17) is 0 Å². The molecule has 2 aliphatic heterocycles. The topological polar surface area (TPSA) is 24.7 Å². The Kier molecular flexibility index (Phi) is 2.21. The van der Waals surface area contributed by atoms with Gasteiger partial charge in [0, 0.05) is 17.0 Å². The number of hydrogen-bond donors (Lipinski definition) is 0. The van der Waals surface area contributed by atoms with E-state index in [0.29, 0.717) is 0 Å². The summed E-state index contributed by atoms with van der Waals surface area (Å²) in [6.45, 7) is 0. The fraction of sp³-hybridized carbons (Fsp3) is 0.0588. The van der Waals surface area contributed by atoms with Crippen LogP contribution in [-0.2, 0) is 0 Å². The van der Waals surface area contributed by atoms with Gasteiger partial charge in [-0.15, -0.1) is 0 Å². The van der Waals surface area contributed by atoms with Gasteiger partial charge in [0.15, 0.2) is 0 Å². The van der Waals surface area contributed by atoms with Crippen molar-refractivity contribution in [3.8, 4) is 0 Å². The molecule has 0 radical (unpaired) electrons. The Morgan fingerprint density at radius 3 is 2.53 bits per heavy atom. The van der Waals surface area contributed by atoms with Crippen LogP contribution in [0.2, 0.25) is 0 Å². The minimum Gasteiger partial charge on any atom is -0.280 e. The third-order valence-corrected chi connectivity index (χ3v) is 3.57. The Bertz CT molecular complexity index is 814. The van der Waals surface area contributed by atoms with Crippen LogP contribution in [0.25, 0.3) is 5.57 Å². The molecule has 0 spiro atoms. The van der Waals surface area contributed by atoms with Crippen LogP contribution in [0.3, 0.4) is 0 Å². The molecule has 19 heavy (non-hydrogen) atoms. The Morgan fingerprint density at radius 2 is 1.63 bits per heavy atom. The van der Waals surface area contributed by atoms with Crippen LogP contribution in [0.1, 0.15) is 11.6 Å². The Hall–Kier alpha value is -2.48. The Morgan fingerprint density at radius 1 is 0.842 bits per heavy atom. The van der Waals surface area contributed by atoms with Crippen LogP contribution >= 0.6 is 0 Å². The molecule has 0 bridgehead atoms. The van der Waals surface area contributed by atoms with E-state index in [9.17, 15) is 0 Å². The molecule has 1 atom stereocenters. The van der Waals surface area contributed by atoms with Crippen molar-refractivity contribution in [2.75, 3.05) is 0 Å². The number of fused-ring (bicyclic) bond motifs is 2. The second-order valence-corrected chi connectivity index (χ2v) is 4.71. The molecule has 4 rings (SSSR count). The van der Waals surface area contributed by atoms with E-state index in [1.807, 2.05) is 24.4 Å². The van der Waals surface area contributed by atoms with E-state index in [1.165, 1.54) is 16.4 Å². The average Bonchev–Trinajstić information content (AvgIpc) is 2.86. The highest BCUT2D eigenvalue weighted by Crippen LogP contribution is 2.34. The molecule has 0 fully saturated rings. The van der Waals surface area contributed by atoms with Crippen molar-refractivity contribution in [2.24, 2.45) is 9.98 Å². The summed E-state index contributed by atoms with van der Waals surface area (Å²) in [6, 6.07) is 18.7. The third-order valence-electron chi connectivity index (χ3n) is 3.57. The molecule has 1 unspecified atom stereocenters. The van der Waals surface area contributed by atoms with E-state index in [2.05, 4.69) is 52.4 Å². The molecule has 2 aliphatic rings. The smallest absolute Gasteiger partial charge is 0.103 e. The van der Waals surface area contributed by atoms with Gasteiger partial charge in [0.1, 0.15) is 6.04 Å². The van der Waals surface area contributed by atoms with Crippen LogP contribution in [0.4, 0.5) is 0 Å². The number of benzene rings is 2. The normalized spacial score (nSPS) is 19.5. The summed E-state index contributed by atoms with van der Waals surface area (Å²) >= 11 is 0. The molecule has 2 heterocycles. The first-order valence-corrected chi connectivity index (χ1v) is 6.40. The number of rotatable bonds is 1. The quantitative estimate of drug-likeness (QED) is 0.734. The molecular weight excluding hydrogens is 232 g/mol. The van der Waals surface area contributed by atoms with Gasteiger partial charge in [0.2, 0.25) is 0 Å². The fourth-order valence-electron chi connectivity index (χ4n) is 2.70. The van der Waals surface area contributed by atoms with Gasteiger partial charge >= 0.3 is 0 Å². The van der Waals surface area contributed by atoms with Gasteiger partial charge in [-0.2, -0.15) is 0 Å². The van der Waals surface area contributed by atoms with Crippen molar-refractivity contribution in [3.63, 3.8) is 0 Å². The molecule has 0 aromatic heterocycles. The number of aliphatic imine (C=N–C) groups is 1. The molecule has 0 amide bonds. The van der Waals surface area contributed by atoms with Crippen LogP contribution in [0.5, 0.6) is 0 Å². The molecule has 0 saturated heterocycles.